The molecule has 23 heavy (non-hydrogen) atoms. The summed E-state index contributed by atoms with van der Waals surface area (Å²) in [5, 5.41) is 15.6. The van der Waals surface area contributed by atoms with E-state index in [1.807, 2.05) is 18.2 Å². The zero-order valence-electron chi connectivity index (χ0n) is 12.3. The molecule has 120 valence electrons. The third-order valence-corrected chi connectivity index (χ3v) is 4.91. The molecule has 0 saturated heterocycles. The minimum Gasteiger partial charge on any atom is -0.393 e. The molecule has 5 N–H and O–H groups in total. The van der Waals surface area contributed by atoms with Crippen molar-refractivity contribution in [2.45, 2.75) is 25.4 Å². The number of carbonyl (C=O) groups is 2. The maximum absolute atomic E-state index is 12.1. The van der Waals surface area contributed by atoms with Gasteiger partial charge in [-0.2, -0.15) is 0 Å². The van der Waals surface area contributed by atoms with E-state index in [9.17, 15) is 14.7 Å². The number of urea groups is 1. The highest BCUT2D eigenvalue weighted by Gasteiger charge is 2.27. The van der Waals surface area contributed by atoms with Gasteiger partial charge < -0.3 is 16.2 Å². The standard InChI is InChI=1S/C16H17N3O3S/c17-14(21)13-11-7-6-10(20)8-12(11)23-15(13)19-16(22)18-9-4-2-1-3-5-9/h1-5,10,20H,6-8H2,(H2,17,21)(H2,18,19,22)/t10-/m1/s1. The quantitative estimate of drug-likeness (QED) is 0.694. The smallest absolute Gasteiger partial charge is 0.324 e. The predicted octanol–water partition coefficient (Wildman–Crippen LogP) is 2.34. The van der Waals surface area contributed by atoms with E-state index in [2.05, 4.69) is 10.6 Å². The van der Waals surface area contributed by atoms with Gasteiger partial charge in [-0.3, -0.25) is 10.1 Å². The summed E-state index contributed by atoms with van der Waals surface area (Å²) < 4.78 is 0. The van der Waals surface area contributed by atoms with Crippen LogP contribution in [0.2, 0.25) is 0 Å². The number of hydrogen-bond donors (Lipinski definition) is 4. The van der Waals surface area contributed by atoms with E-state index in [-0.39, 0.29) is 0 Å². The first-order valence-corrected chi connectivity index (χ1v) is 8.11. The maximum atomic E-state index is 12.1. The fourth-order valence-corrected chi connectivity index (χ4v) is 4.02. The van der Waals surface area contributed by atoms with Gasteiger partial charge in [0.1, 0.15) is 5.00 Å². The van der Waals surface area contributed by atoms with Crippen molar-refractivity contribution in [3.63, 3.8) is 0 Å². The number of aliphatic hydroxyl groups is 1. The first-order valence-electron chi connectivity index (χ1n) is 7.30. The Morgan fingerprint density at radius 2 is 1.96 bits per heavy atom. The van der Waals surface area contributed by atoms with Gasteiger partial charge in [0.05, 0.1) is 11.7 Å². The molecular formula is C16H17N3O3S. The molecule has 0 saturated carbocycles. The lowest BCUT2D eigenvalue weighted by atomic mass is 9.93. The minimum absolute atomic E-state index is 0.361. The zero-order valence-corrected chi connectivity index (χ0v) is 13.2. The zero-order chi connectivity index (χ0) is 16.4. The number of nitrogens with one attached hydrogen (secondary N) is 2. The number of aliphatic hydroxyl groups excluding tert-OH is 1. The lowest BCUT2D eigenvalue weighted by molar-refractivity contribution is 0.0999. The molecule has 2 aromatic rings. The normalized spacial score (nSPS) is 16.5. The lowest BCUT2D eigenvalue weighted by Gasteiger charge is -2.17. The van der Waals surface area contributed by atoms with E-state index in [0.29, 0.717) is 35.5 Å². The third-order valence-electron chi connectivity index (χ3n) is 3.74. The first kappa shape index (κ1) is 15.5. The van der Waals surface area contributed by atoms with Crippen molar-refractivity contribution in [3.05, 3.63) is 46.3 Å². The molecule has 1 aliphatic carbocycles. The van der Waals surface area contributed by atoms with Gasteiger partial charge in [0.25, 0.3) is 5.91 Å². The number of thiophene rings is 1. The molecule has 0 radical (unpaired) electrons. The van der Waals surface area contributed by atoms with E-state index in [4.69, 9.17) is 5.73 Å². The van der Waals surface area contributed by atoms with Crippen molar-refractivity contribution in [1.82, 2.24) is 0 Å². The van der Waals surface area contributed by atoms with Crippen molar-refractivity contribution in [1.29, 1.82) is 0 Å². The number of benzene rings is 1. The van der Waals surface area contributed by atoms with Crippen LogP contribution in [0.5, 0.6) is 0 Å². The van der Waals surface area contributed by atoms with Crippen LogP contribution in [0, 0.1) is 0 Å². The van der Waals surface area contributed by atoms with E-state index in [0.717, 1.165) is 10.4 Å². The Labute approximate surface area is 137 Å². The number of anilines is 2. The number of carbonyl (C=O) groups excluding carboxylic acids is 2. The van der Waals surface area contributed by atoms with Gasteiger partial charge in [-0.25, -0.2) is 4.79 Å². The molecule has 1 aliphatic rings. The molecular weight excluding hydrogens is 314 g/mol. The van der Waals surface area contributed by atoms with Gasteiger partial charge in [-0.15, -0.1) is 11.3 Å². The third kappa shape index (κ3) is 3.35. The molecule has 3 amide bonds. The second kappa shape index (κ2) is 6.39. The van der Waals surface area contributed by atoms with Crippen LogP contribution in [0.4, 0.5) is 15.5 Å². The van der Waals surface area contributed by atoms with E-state index >= 15 is 0 Å². The number of nitrogens with two attached hydrogens (primary N) is 1. The second-order valence-corrected chi connectivity index (χ2v) is 6.52. The summed E-state index contributed by atoms with van der Waals surface area (Å²) in [6.07, 6.45) is 1.27. The van der Waals surface area contributed by atoms with E-state index in [1.165, 1.54) is 11.3 Å². The molecule has 0 aliphatic heterocycles. The monoisotopic (exact) mass is 331 g/mol. The van der Waals surface area contributed by atoms with Gasteiger partial charge in [-0.1, -0.05) is 18.2 Å². The molecule has 1 aromatic heterocycles. The van der Waals surface area contributed by atoms with Crippen molar-refractivity contribution in [3.8, 4) is 0 Å². The van der Waals surface area contributed by atoms with Crippen molar-refractivity contribution >= 4 is 34.0 Å². The highest BCUT2D eigenvalue weighted by Crippen LogP contribution is 2.38. The van der Waals surface area contributed by atoms with Crippen LogP contribution in [0.3, 0.4) is 0 Å². The highest BCUT2D eigenvalue weighted by molar-refractivity contribution is 7.17. The van der Waals surface area contributed by atoms with Crippen molar-refractivity contribution in [2.75, 3.05) is 10.6 Å². The Kier molecular flexibility index (Phi) is 4.31. The lowest BCUT2D eigenvalue weighted by Crippen LogP contribution is -2.23. The van der Waals surface area contributed by atoms with Gasteiger partial charge in [0.2, 0.25) is 0 Å². The average molecular weight is 331 g/mol. The second-order valence-electron chi connectivity index (χ2n) is 5.41. The summed E-state index contributed by atoms with van der Waals surface area (Å²) in [4.78, 5) is 24.8. The Morgan fingerprint density at radius 1 is 1.22 bits per heavy atom. The summed E-state index contributed by atoms with van der Waals surface area (Å²) in [7, 11) is 0. The Bertz CT molecular complexity index is 743. The molecule has 3 rings (SSSR count). The van der Waals surface area contributed by atoms with Gasteiger partial charge in [0, 0.05) is 17.0 Å². The number of amides is 3. The fraction of sp³-hybridized carbons (Fsp3) is 0.250. The topological polar surface area (TPSA) is 104 Å². The number of hydrogen-bond acceptors (Lipinski definition) is 4. The summed E-state index contributed by atoms with van der Waals surface area (Å²) in [6, 6.07) is 8.59. The average Bonchev–Trinajstić information content (AvgIpc) is 2.84. The Morgan fingerprint density at radius 3 is 2.65 bits per heavy atom. The van der Waals surface area contributed by atoms with E-state index < -0.39 is 18.0 Å². The SMILES string of the molecule is NC(=O)c1c(NC(=O)Nc2ccccc2)sc2c1CC[C@@H](O)C2. The Hall–Kier alpha value is -2.38. The molecule has 1 aromatic carbocycles. The number of primary amides is 1. The van der Waals surface area contributed by atoms with Gasteiger partial charge in [-0.05, 0) is 30.5 Å². The molecule has 7 heteroatoms. The van der Waals surface area contributed by atoms with Crippen LogP contribution in [-0.4, -0.2) is 23.1 Å². The van der Waals surface area contributed by atoms with Crippen molar-refractivity contribution in [2.24, 2.45) is 5.73 Å². The van der Waals surface area contributed by atoms with Gasteiger partial charge in [0.15, 0.2) is 0 Å². The number of fused-ring (bicyclic) bond motifs is 1. The van der Waals surface area contributed by atoms with Crippen LogP contribution in [0.1, 0.15) is 27.2 Å². The summed E-state index contributed by atoms with van der Waals surface area (Å²) in [6.45, 7) is 0. The van der Waals surface area contributed by atoms with E-state index in [1.54, 1.807) is 12.1 Å². The number of rotatable bonds is 3. The highest BCUT2D eigenvalue weighted by atomic mass is 32.1. The minimum atomic E-state index is -0.561. The van der Waals surface area contributed by atoms with Crippen molar-refractivity contribution < 1.29 is 14.7 Å². The molecule has 0 unspecified atom stereocenters. The fourth-order valence-electron chi connectivity index (χ4n) is 2.70. The molecule has 1 atom stereocenters. The summed E-state index contributed by atoms with van der Waals surface area (Å²) in [5.74, 6) is -0.561. The Balaban J connectivity index is 1.82. The van der Waals surface area contributed by atoms with Crippen LogP contribution >= 0.6 is 11.3 Å². The van der Waals surface area contributed by atoms with Crippen LogP contribution in [0.25, 0.3) is 0 Å². The van der Waals surface area contributed by atoms with Crippen LogP contribution < -0.4 is 16.4 Å². The maximum Gasteiger partial charge on any atom is 0.324 e. The predicted molar refractivity (Wildman–Crippen MR) is 90.0 cm³/mol. The molecule has 0 fully saturated rings. The molecule has 0 bridgehead atoms. The van der Waals surface area contributed by atoms with Crippen LogP contribution in [-0.2, 0) is 12.8 Å². The molecule has 0 spiro atoms. The number of para-hydroxylation sites is 1. The summed E-state index contributed by atoms with van der Waals surface area (Å²) >= 11 is 1.30. The largest absolute Gasteiger partial charge is 0.393 e. The first-order chi connectivity index (χ1) is 11.0. The summed E-state index contributed by atoms with van der Waals surface area (Å²) in [5.41, 5.74) is 7.35. The van der Waals surface area contributed by atoms with Crippen LogP contribution in [0.15, 0.2) is 30.3 Å². The molecule has 6 nitrogen and oxygen atoms in total. The molecule has 1 heterocycles. The van der Waals surface area contributed by atoms with Gasteiger partial charge >= 0.3 is 6.03 Å².